The standard InChI is InChI=1S/C20H19N5O2/c21-11-18-20(23-8-7-22-18)27-15-4-3-9-25(13-15)19(26)10-14-12-24-17-6-2-1-5-16(14)17/h1-2,5-8,12,15,24H,3-4,9-10,13H2. The fraction of sp³-hybridized carbons (Fsp3) is 0.300. The molecule has 1 N–H and O–H groups in total. The van der Waals surface area contributed by atoms with E-state index in [1.165, 1.54) is 12.4 Å². The van der Waals surface area contributed by atoms with Crippen LogP contribution >= 0.6 is 0 Å². The van der Waals surface area contributed by atoms with Crippen LogP contribution in [0.5, 0.6) is 5.88 Å². The molecule has 3 aromatic rings. The summed E-state index contributed by atoms with van der Waals surface area (Å²) in [6, 6.07) is 9.95. The van der Waals surface area contributed by atoms with Crippen LogP contribution in [-0.4, -0.2) is 45.0 Å². The number of nitrogens with zero attached hydrogens (tertiary/aromatic N) is 4. The fourth-order valence-corrected chi connectivity index (χ4v) is 3.46. The van der Waals surface area contributed by atoms with Gasteiger partial charge >= 0.3 is 0 Å². The summed E-state index contributed by atoms with van der Waals surface area (Å²) in [4.78, 5) is 25.9. The molecule has 1 fully saturated rings. The highest BCUT2D eigenvalue weighted by atomic mass is 16.5. The van der Waals surface area contributed by atoms with Crippen LogP contribution in [-0.2, 0) is 11.2 Å². The molecule has 1 unspecified atom stereocenters. The number of aromatic nitrogens is 3. The first-order chi connectivity index (χ1) is 13.2. The van der Waals surface area contributed by atoms with E-state index in [1.54, 1.807) is 0 Å². The molecule has 27 heavy (non-hydrogen) atoms. The van der Waals surface area contributed by atoms with E-state index in [2.05, 4.69) is 15.0 Å². The molecule has 136 valence electrons. The predicted octanol–water partition coefficient (Wildman–Crippen LogP) is 2.44. The van der Waals surface area contributed by atoms with Crippen molar-refractivity contribution < 1.29 is 9.53 Å². The predicted molar refractivity (Wildman–Crippen MR) is 99.0 cm³/mol. The van der Waals surface area contributed by atoms with E-state index in [4.69, 9.17) is 10.00 Å². The lowest BCUT2D eigenvalue weighted by Gasteiger charge is -2.32. The van der Waals surface area contributed by atoms with E-state index in [1.807, 2.05) is 41.4 Å². The van der Waals surface area contributed by atoms with E-state index < -0.39 is 0 Å². The van der Waals surface area contributed by atoms with E-state index in [9.17, 15) is 4.79 Å². The monoisotopic (exact) mass is 361 g/mol. The third-order valence-corrected chi connectivity index (χ3v) is 4.80. The maximum absolute atomic E-state index is 12.8. The summed E-state index contributed by atoms with van der Waals surface area (Å²) in [6.07, 6.45) is 6.70. The maximum atomic E-state index is 12.8. The number of amides is 1. The normalized spacial score (nSPS) is 16.9. The summed E-state index contributed by atoms with van der Waals surface area (Å²) < 4.78 is 5.87. The lowest BCUT2D eigenvalue weighted by molar-refractivity contribution is -0.133. The van der Waals surface area contributed by atoms with Gasteiger partial charge in [-0.1, -0.05) is 18.2 Å². The van der Waals surface area contributed by atoms with E-state index in [0.29, 0.717) is 19.5 Å². The molecule has 1 atom stereocenters. The van der Waals surface area contributed by atoms with Gasteiger partial charge in [-0.25, -0.2) is 9.97 Å². The highest BCUT2D eigenvalue weighted by molar-refractivity contribution is 5.88. The Hall–Kier alpha value is -3.40. The molecule has 0 radical (unpaired) electrons. The summed E-state index contributed by atoms with van der Waals surface area (Å²) in [5, 5.41) is 10.2. The number of nitriles is 1. The molecule has 7 nitrogen and oxygen atoms in total. The van der Waals surface area contributed by atoms with Gasteiger partial charge in [-0.3, -0.25) is 4.79 Å². The van der Waals surface area contributed by atoms with Crippen LogP contribution in [0.2, 0.25) is 0 Å². The van der Waals surface area contributed by atoms with Crippen molar-refractivity contribution in [1.82, 2.24) is 19.9 Å². The fourth-order valence-electron chi connectivity index (χ4n) is 3.46. The molecule has 0 saturated carbocycles. The van der Waals surface area contributed by atoms with Gasteiger partial charge in [0, 0.05) is 36.0 Å². The molecule has 0 bridgehead atoms. The number of aromatic amines is 1. The number of piperidine rings is 1. The average Bonchev–Trinajstić information content (AvgIpc) is 3.11. The number of nitrogens with one attached hydrogen (secondary N) is 1. The number of hydrogen-bond acceptors (Lipinski definition) is 5. The molecule has 1 aromatic carbocycles. The van der Waals surface area contributed by atoms with Gasteiger partial charge in [-0.2, -0.15) is 5.26 Å². The number of rotatable bonds is 4. The molecular formula is C20H19N5O2. The highest BCUT2D eigenvalue weighted by Gasteiger charge is 2.26. The van der Waals surface area contributed by atoms with Crippen LogP contribution in [0.25, 0.3) is 10.9 Å². The van der Waals surface area contributed by atoms with Crippen molar-refractivity contribution in [3.63, 3.8) is 0 Å². The van der Waals surface area contributed by atoms with Gasteiger partial charge in [0.25, 0.3) is 5.88 Å². The Kier molecular flexibility index (Phi) is 4.71. The summed E-state index contributed by atoms with van der Waals surface area (Å²) in [5.74, 6) is 0.309. The Bertz CT molecular complexity index is 1010. The van der Waals surface area contributed by atoms with Crippen molar-refractivity contribution in [3.8, 4) is 11.9 Å². The van der Waals surface area contributed by atoms with Crippen molar-refractivity contribution in [2.75, 3.05) is 13.1 Å². The zero-order chi connectivity index (χ0) is 18.6. The minimum Gasteiger partial charge on any atom is -0.470 e. The molecule has 1 saturated heterocycles. The topological polar surface area (TPSA) is 94.9 Å². The number of benzene rings is 1. The van der Waals surface area contributed by atoms with Gasteiger partial charge in [0.1, 0.15) is 12.2 Å². The first-order valence-corrected chi connectivity index (χ1v) is 8.95. The van der Waals surface area contributed by atoms with Crippen molar-refractivity contribution >= 4 is 16.8 Å². The van der Waals surface area contributed by atoms with Crippen LogP contribution in [0.15, 0.2) is 42.9 Å². The lowest BCUT2D eigenvalue weighted by Crippen LogP contribution is -2.45. The Morgan fingerprint density at radius 2 is 2.19 bits per heavy atom. The van der Waals surface area contributed by atoms with Gasteiger partial charge in [-0.15, -0.1) is 0 Å². The molecule has 2 aromatic heterocycles. The number of ether oxygens (including phenoxy) is 1. The zero-order valence-electron chi connectivity index (χ0n) is 14.8. The molecule has 3 heterocycles. The van der Waals surface area contributed by atoms with Crippen LogP contribution in [0, 0.1) is 11.3 Å². The summed E-state index contributed by atoms with van der Waals surface area (Å²) in [7, 11) is 0. The van der Waals surface area contributed by atoms with E-state index in [-0.39, 0.29) is 23.6 Å². The smallest absolute Gasteiger partial charge is 0.251 e. The second-order valence-electron chi connectivity index (χ2n) is 6.58. The van der Waals surface area contributed by atoms with Crippen LogP contribution < -0.4 is 4.74 Å². The second kappa shape index (κ2) is 7.46. The molecule has 4 rings (SSSR count). The number of likely N-dealkylation sites (tertiary alicyclic amines) is 1. The average molecular weight is 361 g/mol. The maximum Gasteiger partial charge on any atom is 0.251 e. The van der Waals surface area contributed by atoms with Crippen LogP contribution in [0.1, 0.15) is 24.1 Å². The highest BCUT2D eigenvalue weighted by Crippen LogP contribution is 2.21. The number of H-pyrrole nitrogens is 1. The first kappa shape index (κ1) is 17.0. The SMILES string of the molecule is N#Cc1nccnc1OC1CCCN(C(=O)Cc2c[nH]c3ccccc23)C1. The summed E-state index contributed by atoms with van der Waals surface area (Å²) in [5.41, 5.74) is 2.20. The van der Waals surface area contributed by atoms with E-state index >= 15 is 0 Å². The minimum absolute atomic E-state index is 0.0766. The number of para-hydroxylation sites is 1. The van der Waals surface area contributed by atoms with Crippen molar-refractivity contribution in [2.45, 2.75) is 25.4 Å². The molecule has 1 amide bonds. The molecule has 0 aliphatic carbocycles. The minimum atomic E-state index is -0.186. The van der Waals surface area contributed by atoms with Gasteiger partial charge in [-0.05, 0) is 24.5 Å². The molecular weight excluding hydrogens is 342 g/mol. The third kappa shape index (κ3) is 3.60. The van der Waals surface area contributed by atoms with E-state index in [0.717, 1.165) is 29.3 Å². The Morgan fingerprint density at radius 1 is 1.33 bits per heavy atom. The lowest BCUT2D eigenvalue weighted by atomic mass is 10.1. The van der Waals surface area contributed by atoms with Crippen LogP contribution in [0.4, 0.5) is 0 Å². The molecule has 0 spiro atoms. The Morgan fingerprint density at radius 3 is 3.07 bits per heavy atom. The molecule has 1 aliphatic heterocycles. The number of hydrogen-bond donors (Lipinski definition) is 1. The quantitative estimate of drug-likeness (QED) is 0.770. The Labute approximate surface area is 156 Å². The summed E-state index contributed by atoms with van der Waals surface area (Å²) in [6.45, 7) is 1.20. The van der Waals surface area contributed by atoms with Crippen molar-refractivity contribution in [2.24, 2.45) is 0 Å². The van der Waals surface area contributed by atoms with Crippen molar-refractivity contribution in [1.29, 1.82) is 5.26 Å². The summed E-state index contributed by atoms with van der Waals surface area (Å²) >= 11 is 0. The third-order valence-electron chi connectivity index (χ3n) is 4.80. The van der Waals surface area contributed by atoms with Crippen LogP contribution in [0.3, 0.4) is 0 Å². The molecule has 7 heteroatoms. The number of carbonyl (C=O) groups is 1. The van der Waals surface area contributed by atoms with Gasteiger partial charge < -0.3 is 14.6 Å². The first-order valence-electron chi connectivity index (χ1n) is 8.95. The Balaban J connectivity index is 1.43. The van der Waals surface area contributed by atoms with Gasteiger partial charge in [0.2, 0.25) is 11.6 Å². The largest absolute Gasteiger partial charge is 0.470 e. The van der Waals surface area contributed by atoms with Gasteiger partial charge in [0.15, 0.2) is 0 Å². The zero-order valence-corrected chi connectivity index (χ0v) is 14.8. The molecule has 1 aliphatic rings. The second-order valence-corrected chi connectivity index (χ2v) is 6.58. The van der Waals surface area contributed by atoms with Crippen molar-refractivity contribution in [3.05, 3.63) is 54.1 Å². The van der Waals surface area contributed by atoms with Gasteiger partial charge in [0.05, 0.1) is 13.0 Å². The number of carbonyl (C=O) groups excluding carboxylic acids is 1. The number of fused-ring (bicyclic) bond motifs is 1.